The van der Waals surface area contributed by atoms with Gasteiger partial charge in [-0.25, -0.2) is 0 Å². The average molecular weight is 322 g/mol. The van der Waals surface area contributed by atoms with Gasteiger partial charge < -0.3 is 14.8 Å². The topological polar surface area (TPSA) is 71.3 Å². The number of anilines is 1. The summed E-state index contributed by atoms with van der Waals surface area (Å²) in [6.07, 6.45) is 1.49. The summed E-state index contributed by atoms with van der Waals surface area (Å²) in [5.41, 5.74) is 2.20. The monoisotopic (exact) mass is 322 g/mol. The molecule has 0 aromatic heterocycles. The highest BCUT2D eigenvalue weighted by molar-refractivity contribution is 6.10. The zero-order chi connectivity index (χ0) is 17.5. The lowest BCUT2D eigenvalue weighted by molar-refractivity contribution is -0.112. The number of carbonyl (C=O) groups is 1. The Balaban J connectivity index is 2.31. The summed E-state index contributed by atoms with van der Waals surface area (Å²) in [6.45, 7) is 1.89. The minimum atomic E-state index is -0.468. The summed E-state index contributed by atoms with van der Waals surface area (Å²) in [7, 11) is 3.08. The number of hydrogen-bond donors (Lipinski definition) is 1. The van der Waals surface area contributed by atoms with E-state index in [9.17, 15) is 10.1 Å². The minimum absolute atomic E-state index is 0.0123. The molecule has 0 unspecified atom stereocenters. The zero-order valence-corrected chi connectivity index (χ0v) is 13.8. The van der Waals surface area contributed by atoms with Gasteiger partial charge in [-0.3, -0.25) is 4.79 Å². The maximum absolute atomic E-state index is 12.4. The van der Waals surface area contributed by atoms with Gasteiger partial charge in [0.1, 0.15) is 23.1 Å². The first-order valence-electron chi connectivity index (χ1n) is 7.30. The van der Waals surface area contributed by atoms with E-state index in [0.717, 1.165) is 5.56 Å². The molecule has 2 aromatic carbocycles. The van der Waals surface area contributed by atoms with Gasteiger partial charge in [0.15, 0.2) is 0 Å². The van der Waals surface area contributed by atoms with Crippen LogP contribution in [-0.2, 0) is 4.79 Å². The number of rotatable bonds is 5. The number of ether oxygens (including phenoxy) is 2. The van der Waals surface area contributed by atoms with E-state index < -0.39 is 5.91 Å². The predicted molar refractivity (Wildman–Crippen MR) is 92.9 cm³/mol. The van der Waals surface area contributed by atoms with E-state index in [4.69, 9.17) is 9.47 Å². The molecular weight excluding hydrogens is 304 g/mol. The lowest BCUT2D eigenvalue weighted by Crippen LogP contribution is -2.14. The summed E-state index contributed by atoms with van der Waals surface area (Å²) in [5, 5.41) is 12.1. The van der Waals surface area contributed by atoms with Crippen molar-refractivity contribution < 1.29 is 14.3 Å². The molecule has 0 aliphatic carbocycles. The minimum Gasteiger partial charge on any atom is -0.497 e. The third-order valence-corrected chi connectivity index (χ3v) is 3.50. The van der Waals surface area contributed by atoms with Crippen LogP contribution in [-0.4, -0.2) is 20.1 Å². The average Bonchev–Trinajstić information content (AvgIpc) is 2.61. The summed E-state index contributed by atoms with van der Waals surface area (Å²) >= 11 is 0. The number of amides is 1. The van der Waals surface area contributed by atoms with Gasteiger partial charge in [0.25, 0.3) is 5.91 Å². The molecule has 0 aliphatic rings. The quantitative estimate of drug-likeness (QED) is 0.675. The highest BCUT2D eigenvalue weighted by atomic mass is 16.5. The molecule has 0 radical (unpaired) electrons. The lowest BCUT2D eigenvalue weighted by atomic mass is 10.1. The molecule has 122 valence electrons. The van der Waals surface area contributed by atoms with Crippen molar-refractivity contribution in [2.45, 2.75) is 6.92 Å². The molecule has 2 aromatic rings. The van der Waals surface area contributed by atoms with E-state index in [0.29, 0.717) is 22.7 Å². The Bertz CT molecular complexity index is 820. The van der Waals surface area contributed by atoms with Crippen molar-refractivity contribution in [3.63, 3.8) is 0 Å². The van der Waals surface area contributed by atoms with Gasteiger partial charge in [-0.1, -0.05) is 18.2 Å². The molecule has 1 N–H and O–H groups in total. The Morgan fingerprint density at radius 3 is 2.54 bits per heavy atom. The molecule has 0 fully saturated rings. The van der Waals surface area contributed by atoms with Crippen LogP contribution in [0.4, 0.5) is 5.69 Å². The van der Waals surface area contributed by atoms with E-state index in [1.54, 1.807) is 31.4 Å². The molecule has 0 saturated carbocycles. The fourth-order valence-corrected chi connectivity index (χ4v) is 2.14. The lowest BCUT2D eigenvalue weighted by Gasteiger charge is -2.09. The van der Waals surface area contributed by atoms with Crippen molar-refractivity contribution in [3.8, 4) is 17.6 Å². The van der Waals surface area contributed by atoms with Crippen LogP contribution in [0.25, 0.3) is 6.08 Å². The van der Waals surface area contributed by atoms with Crippen molar-refractivity contribution in [1.29, 1.82) is 5.26 Å². The second-order valence-corrected chi connectivity index (χ2v) is 5.05. The largest absolute Gasteiger partial charge is 0.497 e. The van der Waals surface area contributed by atoms with Crippen LogP contribution in [0.2, 0.25) is 0 Å². The number of nitriles is 1. The first-order valence-corrected chi connectivity index (χ1v) is 7.30. The number of para-hydroxylation sites is 1. The number of aryl methyl sites for hydroxylation is 1. The fraction of sp³-hybridized carbons (Fsp3) is 0.158. The Kier molecular flexibility index (Phi) is 5.58. The summed E-state index contributed by atoms with van der Waals surface area (Å²) in [4.78, 5) is 12.4. The second-order valence-electron chi connectivity index (χ2n) is 5.05. The molecule has 24 heavy (non-hydrogen) atoms. The van der Waals surface area contributed by atoms with Gasteiger partial charge in [0, 0.05) is 17.3 Å². The van der Waals surface area contributed by atoms with Crippen molar-refractivity contribution in [2.24, 2.45) is 0 Å². The number of carbonyl (C=O) groups excluding carboxylic acids is 1. The third kappa shape index (κ3) is 3.93. The first kappa shape index (κ1) is 17.1. The van der Waals surface area contributed by atoms with Crippen molar-refractivity contribution in [2.75, 3.05) is 19.5 Å². The van der Waals surface area contributed by atoms with E-state index >= 15 is 0 Å². The molecule has 5 nitrogen and oxygen atoms in total. The number of nitrogens with zero attached hydrogens (tertiary/aromatic N) is 1. The van der Waals surface area contributed by atoms with Crippen LogP contribution < -0.4 is 14.8 Å². The maximum atomic E-state index is 12.4. The van der Waals surface area contributed by atoms with Gasteiger partial charge in [0.05, 0.1) is 14.2 Å². The van der Waals surface area contributed by atoms with Crippen LogP contribution in [0.1, 0.15) is 11.1 Å². The van der Waals surface area contributed by atoms with E-state index in [2.05, 4.69) is 5.32 Å². The zero-order valence-electron chi connectivity index (χ0n) is 13.8. The molecular formula is C19H18N2O3. The predicted octanol–water partition coefficient (Wildman–Crippen LogP) is 3.56. The molecule has 0 bridgehead atoms. The van der Waals surface area contributed by atoms with Gasteiger partial charge in [0.2, 0.25) is 0 Å². The second kappa shape index (κ2) is 7.84. The summed E-state index contributed by atoms with van der Waals surface area (Å²) in [5.74, 6) is 0.683. The highest BCUT2D eigenvalue weighted by Crippen LogP contribution is 2.26. The number of hydrogen-bond acceptors (Lipinski definition) is 4. The normalized spacial score (nSPS) is 10.7. The Labute approximate surface area is 141 Å². The van der Waals surface area contributed by atoms with Gasteiger partial charge in [-0.15, -0.1) is 0 Å². The molecule has 0 spiro atoms. The standard InChI is InChI=1S/C19H18N2O3/c1-13-6-4-5-7-17(13)21-19(22)15(12-20)10-14-8-9-16(23-2)11-18(14)24-3/h4-11H,1-3H3,(H,21,22). The number of nitrogens with one attached hydrogen (secondary N) is 1. The number of methoxy groups -OCH3 is 2. The third-order valence-electron chi connectivity index (χ3n) is 3.50. The fourth-order valence-electron chi connectivity index (χ4n) is 2.14. The smallest absolute Gasteiger partial charge is 0.266 e. The van der Waals surface area contributed by atoms with E-state index in [1.165, 1.54) is 13.2 Å². The molecule has 0 saturated heterocycles. The molecule has 5 heteroatoms. The van der Waals surface area contributed by atoms with Crippen LogP contribution in [0.5, 0.6) is 11.5 Å². The van der Waals surface area contributed by atoms with Crippen LogP contribution in [0.3, 0.4) is 0 Å². The van der Waals surface area contributed by atoms with Gasteiger partial charge in [-0.2, -0.15) is 5.26 Å². The summed E-state index contributed by atoms with van der Waals surface area (Å²) in [6, 6.07) is 14.5. The number of benzene rings is 2. The van der Waals surface area contributed by atoms with Crippen molar-refractivity contribution in [1.82, 2.24) is 0 Å². The van der Waals surface area contributed by atoms with Gasteiger partial charge in [-0.05, 0) is 36.8 Å². The van der Waals surface area contributed by atoms with E-state index in [-0.39, 0.29) is 5.57 Å². The van der Waals surface area contributed by atoms with Crippen LogP contribution >= 0.6 is 0 Å². The Morgan fingerprint density at radius 2 is 1.92 bits per heavy atom. The van der Waals surface area contributed by atoms with Gasteiger partial charge >= 0.3 is 0 Å². The highest BCUT2D eigenvalue weighted by Gasteiger charge is 2.12. The molecule has 0 aliphatic heterocycles. The maximum Gasteiger partial charge on any atom is 0.266 e. The van der Waals surface area contributed by atoms with E-state index in [1.807, 2.05) is 31.2 Å². The molecule has 1 amide bonds. The molecule has 2 rings (SSSR count). The molecule has 0 heterocycles. The van der Waals surface area contributed by atoms with Crippen LogP contribution in [0.15, 0.2) is 48.0 Å². The molecule has 0 atom stereocenters. The Hall–Kier alpha value is -3.26. The van der Waals surface area contributed by atoms with Crippen LogP contribution in [0, 0.1) is 18.3 Å². The SMILES string of the molecule is COc1ccc(C=C(C#N)C(=O)Nc2ccccc2C)c(OC)c1. The van der Waals surface area contributed by atoms with Crippen molar-refractivity contribution >= 4 is 17.7 Å². The Morgan fingerprint density at radius 1 is 1.17 bits per heavy atom. The van der Waals surface area contributed by atoms with Crippen molar-refractivity contribution in [3.05, 3.63) is 59.2 Å². The first-order chi connectivity index (χ1) is 11.6. The summed E-state index contributed by atoms with van der Waals surface area (Å²) < 4.78 is 10.4.